The predicted octanol–water partition coefficient (Wildman–Crippen LogP) is 9.98. The van der Waals surface area contributed by atoms with Crippen molar-refractivity contribution >= 4 is 11.9 Å². The van der Waals surface area contributed by atoms with Crippen LogP contribution in [-0.2, 0) is 37.0 Å². The van der Waals surface area contributed by atoms with Gasteiger partial charge in [-0.05, 0) is 66.7 Å². The van der Waals surface area contributed by atoms with Crippen molar-refractivity contribution < 1.29 is 28.9 Å². The zero-order chi connectivity index (χ0) is 38.5. The number of esters is 1. The molecule has 0 aliphatic carbocycles. The summed E-state index contributed by atoms with van der Waals surface area (Å²) in [4.78, 5) is 26.3. The lowest BCUT2D eigenvalue weighted by molar-refractivity contribution is -0.253. The van der Waals surface area contributed by atoms with Gasteiger partial charge in [-0.3, -0.25) is 9.59 Å². The molecule has 8 heteroatoms. The molecule has 296 valence electrons. The summed E-state index contributed by atoms with van der Waals surface area (Å²) in [5, 5.41) is 12.5. The highest BCUT2D eigenvalue weighted by molar-refractivity contribution is 5.82. The Morgan fingerprint density at radius 3 is 2.00 bits per heavy atom. The molecule has 0 radical (unpaired) electrons. The van der Waals surface area contributed by atoms with Crippen LogP contribution in [0.15, 0.2) is 72.8 Å². The zero-order valence-electron chi connectivity index (χ0n) is 33.4. The Kier molecular flexibility index (Phi) is 19.2. The van der Waals surface area contributed by atoms with Crippen molar-refractivity contribution in [1.82, 2.24) is 10.2 Å². The van der Waals surface area contributed by atoms with E-state index < -0.39 is 18.4 Å². The quantitative estimate of drug-likeness (QED) is 0.0697. The van der Waals surface area contributed by atoms with E-state index in [2.05, 4.69) is 72.6 Å². The summed E-state index contributed by atoms with van der Waals surface area (Å²) in [6, 6.07) is 24.6. The molecule has 0 aromatic heterocycles. The van der Waals surface area contributed by atoms with Crippen molar-refractivity contribution in [3.8, 4) is 11.1 Å². The summed E-state index contributed by atoms with van der Waals surface area (Å²) in [5.41, 5.74) is 6.00. The molecule has 4 rings (SSSR count). The van der Waals surface area contributed by atoms with Gasteiger partial charge >= 0.3 is 5.97 Å². The molecule has 4 unspecified atom stereocenters. The number of unbranched alkanes of at least 4 members (excludes halogenated alkanes) is 10. The van der Waals surface area contributed by atoms with Gasteiger partial charge in [0.15, 0.2) is 12.4 Å². The Labute approximate surface area is 325 Å². The highest BCUT2D eigenvalue weighted by atomic mass is 16.7. The van der Waals surface area contributed by atoms with E-state index in [1.165, 1.54) is 84.0 Å². The first-order valence-corrected chi connectivity index (χ1v) is 20.7. The fourth-order valence-corrected chi connectivity index (χ4v) is 7.18. The molecular formula is C46H66N2O6. The minimum Gasteiger partial charge on any atom is -0.453 e. The van der Waals surface area contributed by atoms with Crippen LogP contribution in [0.3, 0.4) is 0 Å². The van der Waals surface area contributed by atoms with Gasteiger partial charge in [-0.25, -0.2) is 0 Å². The van der Waals surface area contributed by atoms with Gasteiger partial charge in [0.2, 0.25) is 0 Å². The van der Waals surface area contributed by atoms with E-state index in [1.54, 1.807) is 6.92 Å². The van der Waals surface area contributed by atoms with Crippen molar-refractivity contribution in [2.45, 2.75) is 149 Å². The van der Waals surface area contributed by atoms with E-state index in [1.807, 2.05) is 24.3 Å². The Hall–Kier alpha value is -3.56. The Balaban J connectivity index is 1.46. The van der Waals surface area contributed by atoms with Crippen molar-refractivity contribution in [3.05, 3.63) is 95.1 Å². The largest absolute Gasteiger partial charge is 0.453 e. The summed E-state index contributed by atoms with van der Waals surface area (Å²) in [7, 11) is 0. The second kappa shape index (κ2) is 24.1. The topological polar surface area (TPSA) is 97.3 Å². The van der Waals surface area contributed by atoms with Crippen LogP contribution in [0.1, 0.15) is 146 Å². The van der Waals surface area contributed by atoms with Crippen LogP contribution in [0.2, 0.25) is 0 Å². The van der Waals surface area contributed by atoms with Gasteiger partial charge in [0, 0.05) is 32.0 Å². The molecule has 3 aromatic carbocycles. The van der Waals surface area contributed by atoms with Gasteiger partial charge in [0.05, 0.1) is 18.8 Å². The number of hydrogen-bond donors (Lipinski definition) is 2. The van der Waals surface area contributed by atoms with Crippen LogP contribution in [-0.4, -0.2) is 53.7 Å². The average molecular weight is 743 g/mol. The molecule has 1 fully saturated rings. The molecule has 1 heterocycles. The van der Waals surface area contributed by atoms with Gasteiger partial charge in [0.1, 0.15) is 0 Å². The maximum absolute atomic E-state index is 12.4. The number of aliphatic hydroxyl groups excluding tert-OH is 1. The smallest absolute Gasteiger partial charge is 0.303 e. The number of nitrogens with one attached hydrogen (secondary N) is 1. The Morgan fingerprint density at radius 2 is 1.39 bits per heavy atom. The third-order valence-electron chi connectivity index (χ3n) is 10.4. The first-order chi connectivity index (χ1) is 26.3. The average Bonchev–Trinajstić information content (AvgIpc) is 3.19. The fourth-order valence-electron chi connectivity index (χ4n) is 7.18. The van der Waals surface area contributed by atoms with Gasteiger partial charge < -0.3 is 29.5 Å². The first kappa shape index (κ1) is 43.2. The summed E-state index contributed by atoms with van der Waals surface area (Å²) >= 11 is 0. The second-order valence-corrected chi connectivity index (χ2v) is 15.0. The van der Waals surface area contributed by atoms with Crippen LogP contribution in [0, 0.1) is 0 Å². The monoisotopic (exact) mass is 742 g/mol. The zero-order valence-corrected chi connectivity index (χ0v) is 33.4. The van der Waals surface area contributed by atoms with Gasteiger partial charge in [-0.1, -0.05) is 145 Å². The summed E-state index contributed by atoms with van der Waals surface area (Å²) < 4.78 is 18.5. The maximum atomic E-state index is 12.4. The molecule has 0 bridgehead atoms. The number of carbonyl (C=O) groups excluding carboxylic acids is 2. The second-order valence-electron chi connectivity index (χ2n) is 15.0. The number of benzene rings is 3. The number of aliphatic hydroxyl groups is 1. The standard InChI is InChI=1S/C46H66N2O6/c1-5-7-9-11-13-15-28-48(29-16-14-12-10-8-6-2)33-43-31-44(40-22-20-37(34-49)21-23-40)54-46(53-43)41-26-24-39(25-27-41)42-19-17-18-38(30-42)32-47-45(51)35(3)52-36(4)50/h17-27,30,35,43-44,46,49H,5-16,28-29,31-34H2,1-4H3,(H,47,51). The first-order valence-electron chi connectivity index (χ1n) is 20.7. The molecule has 1 aliphatic heterocycles. The molecule has 2 N–H and O–H groups in total. The van der Waals surface area contributed by atoms with Crippen LogP contribution < -0.4 is 5.32 Å². The number of rotatable bonds is 24. The van der Waals surface area contributed by atoms with E-state index in [0.29, 0.717) is 6.54 Å². The minimum atomic E-state index is -0.842. The molecule has 1 amide bonds. The lowest BCUT2D eigenvalue weighted by Gasteiger charge is -2.38. The van der Waals surface area contributed by atoms with Crippen LogP contribution in [0.25, 0.3) is 11.1 Å². The fraction of sp³-hybridized carbons (Fsp3) is 0.565. The summed E-state index contributed by atoms with van der Waals surface area (Å²) in [6.45, 7) is 10.8. The highest BCUT2D eigenvalue weighted by Gasteiger charge is 2.33. The third-order valence-corrected chi connectivity index (χ3v) is 10.4. The normalized spacial score (nSPS) is 17.7. The van der Waals surface area contributed by atoms with Gasteiger partial charge in [-0.15, -0.1) is 0 Å². The molecule has 1 saturated heterocycles. The van der Waals surface area contributed by atoms with E-state index in [9.17, 15) is 14.7 Å². The third kappa shape index (κ3) is 14.9. The molecule has 8 nitrogen and oxygen atoms in total. The van der Waals surface area contributed by atoms with Crippen molar-refractivity contribution in [2.24, 2.45) is 0 Å². The number of carbonyl (C=O) groups is 2. The summed E-state index contributed by atoms with van der Waals surface area (Å²) in [5.74, 6) is -0.815. The van der Waals surface area contributed by atoms with Crippen LogP contribution in [0.4, 0.5) is 0 Å². The van der Waals surface area contributed by atoms with E-state index in [4.69, 9.17) is 14.2 Å². The van der Waals surface area contributed by atoms with Gasteiger partial charge in [-0.2, -0.15) is 0 Å². The van der Waals surface area contributed by atoms with Crippen molar-refractivity contribution in [3.63, 3.8) is 0 Å². The van der Waals surface area contributed by atoms with E-state index >= 15 is 0 Å². The van der Waals surface area contributed by atoms with Crippen LogP contribution in [0.5, 0.6) is 0 Å². The van der Waals surface area contributed by atoms with Gasteiger partial charge in [0.25, 0.3) is 5.91 Å². The van der Waals surface area contributed by atoms with E-state index in [-0.39, 0.29) is 24.7 Å². The number of amides is 1. The van der Waals surface area contributed by atoms with Crippen molar-refractivity contribution in [1.29, 1.82) is 0 Å². The lowest BCUT2D eigenvalue weighted by atomic mass is 9.98. The van der Waals surface area contributed by atoms with E-state index in [0.717, 1.165) is 59.4 Å². The Bertz CT molecular complexity index is 1490. The van der Waals surface area contributed by atoms with Crippen molar-refractivity contribution in [2.75, 3.05) is 19.6 Å². The Morgan fingerprint density at radius 1 is 0.778 bits per heavy atom. The maximum Gasteiger partial charge on any atom is 0.303 e. The number of ether oxygens (including phenoxy) is 3. The lowest BCUT2D eigenvalue weighted by Crippen LogP contribution is -2.40. The predicted molar refractivity (Wildman–Crippen MR) is 217 cm³/mol. The molecule has 3 aromatic rings. The molecule has 0 spiro atoms. The molecule has 1 aliphatic rings. The molecule has 54 heavy (non-hydrogen) atoms. The highest BCUT2D eigenvalue weighted by Crippen LogP contribution is 2.39. The molecular weight excluding hydrogens is 677 g/mol. The minimum absolute atomic E-state index is 0.0154. The number of nitrogens with zero attached hydrogens (tertiary/aromatic N) is 1. The molecule has 4 atom stereocenters. The molecule has 0 saturated carbocycles. The summed E-state index contributed by atoms with van der Waals surface area (Å²) in [6.07, 6.45) is 14.8. The number of hydrogen-bond acceptors (Lipinski definition) is 7. The van der Waals surface area contributed by atoms with Crippen LogP contribution >= 0.6 is 0 Å². The SMILES string of the molecule is CCCCCCCCN(CCCCCCCC)CC1CC(c2ccc(CO)cc2)OC(c2ccc(-c3cccc(CNC(=O)C(C)OC(C)=O)c3)cc2)O1.